The minimum atomic E-state index is -1.34. The van der Waals surface area contributed by atoms with Gasteiger partial charge in [-0.2, -0.15) is 0 Å². The molecule has 0 amide bonds. The van der Waals surface area contributed by atoms with E-state index >= 15 is 0 Å². The lowest BCUT2D eigenvalue weighted by molar-refractivity contribution is 0.0691. The summed E-state index contributed by atoms with van der Waals surface area (Å²) in [7, 11) is 0. The van der Waals surface area contributed by atoms with Gasteiger partial charge in [-0.3, -0.25) is 9.36 Å². The number of aromatic carboxylic acids is 1. The van der Waals surface area contributed by atoms with Crippen LogP contribution in [0.25, 0.3) is 0 Å². The first-order chi connectivity index (χ1) is 8.59. The van der Waals surface area contributed by atoms with Gasteiger partial charge in [-0.25, -0.2) is 14.2 Å². The molecule has 2 rings (SSSR count). The molecule has 92 valence electrons. The zero-order valence-corrected chi connectivity index (χ0v) is 9.21. The van der Waals surface area contributed by atoms with Crippen molar-refractivity contribution >= 4 is 5.97 Å². The van der Waals surface area contributed by atoms with Crippen LogP contribution in [0.2, 0.25) is 0 Å². The average Bonchev–Trinajstić information content (AvgIpc) is 2.34. The van der Waals surface area contributed by atoms with E-state index in [0.29, 0.717) is 0 Å². The average molecular weight is 248 g/mol. The highest BCUT2D eigenvalue weighted by atomic mass is 19.1. The van der Waals surface area contributed by atoms with Gasteiger partial charge in [-0.1, -0.05) is 12.1 Å². The molecule has 6 heteroatoms. The van der Waals surface area contributed by atoms with Gasteiger partial charge in [0.2, 0.25) is 0 Å². The SMILES string of the molecule is O=C(O)c1cccc(Cn2cnccc2=O)c1F. The van der Waals surface area contributed by atoms with E-state index in [1.54, 1.807) is 0 Å². The van der Waals surface area contributed by atoms with E-state index in [-0.39, 0.29) is 17.7 Å². The summed E-state index contributed by atoms with van der Waals surface area (Å²) >= 11 is 0. The normalized spacial score (nSPS) is 10.3. The summed E-state index contributed by atoms with van der Waals surface area (Å²) in [6.45, 7) is -0.0559. The van der Waals surface area contributed by atoms with Gasteiger partial charge in [0, 0.05) is 17.8 Å². The third-order valence-electron chi connectivity index (χ3n) is 2.44. The van der Waals surface area contributed by atoms with Crippen LogP contribution in [-0.4, -0.2) is 20.6 Å². The molecule has 1 aromatic heterocycles. The second-order valence-electron chi connectivity index (χ2n) is 3.63. The van der Waals surface area contributed by atoms with Crippen molar-refractivity contribution in [1.29, 1.82) is 0 Å². The molecule has 5 nitrogen and oxygen atoms in total. The maximum Gasteiger partial charge on any atom is 0.338 e. The summed E-state index contributed by atoms with van der Waals surface area (Å²) in [5.74, 6) is -2.17. The zero-order chi connectivity index (χ0) is 13.1. The van der Waals surface area contributed by atoms with Gasteiger partial charge in [-0.05, 0) is 6.07 Å². The Balaban J connectivity index is 2.42. The van der Waals surface area contributed by atoms with Crippen molar-refractivity contribution in [3.63, 3.8) is 0 Å². The second kappa shape index (κ2) is 4.79. The van der Waals surface area contributed by atoms with Crippen molar-refractivity contribution < 1.29 is 14.3 Å². The molecule has 0 unspecified atom stereocenters. The molecule has 0 spiro atoms. The molecule has 0 aliphatic rings. The maximum atomic E-state index is 13.8. The van der Waals surface area contributed by atoms with Gasteiger partial charge in [0.05, 0.1) is 18.4 Å². The van der Waals surface area contributed by atoms with E-state index in [0.717, 1.165) is 0 Å². The second-order valence-corrected chi connectivity index (χ2v) is 3.63. The topological polar surface area (TPSA) is 72.2 Å². The molecule has 18 heavy (non-hydrogen) atoms. The fraction of sp³-hybridized carbons (Fsp3) is 0.0833. The Morgan fingerprint density at radius 1 is 1.39 bits per heavy atom. The van der Waals surface area contributed by atoms with E-state index in [2.05, 4.69) is 4.98 Å². The van der Waals surface area contributed by atoms with E-state index in [1.807, 2.05) is 0 Å². The molecule has 0 aliphatic heterocycles. The predicted octanol–water partition coefficient (Wildman–Crippen LogP) is 1.13. The zero-order valence-electron chi connectivity index (χ0n) is 9.21. The van der Waals surface area contributed by atoms with E-state index < -0.39 is 17.3 Å². The minimum Gasteiger partial charge on any atom is -0.478 e. The van der Waals surface area contributed by atoms with Crippen LogP contribution in [0.1, 0.15) is 15.9 Å². The predicted molar refractivity (Wildman–Crippen MR) is 61.0 cm³/mol. The molecule has 0 aliphatic carbocycles. The molecule has 0 fully saturated rings. The molecule has 1 aromatic carbocycles. The first-order valence-electron chi connectivity index (χ1n) is 5.10. The fourth-order valence-corrected chi connectivity index (χ4v) is 1.55. The molecule has 0 atom stereocenters. The lowest BCUT2D eigenvalue weighted by Crippen LogP contribution is -2.20. The molecule has 2 aromatic rings. The van der Waals surface area contributed by atoms with Gasteiger partial charge in [0.1, 0.15) is 5.82 Å². The number of carbonyl (C=O) groups is 1. The van der Waals surface area contributed by atoms with E-state index in [9.17, 15) is 14.0 Å². The Morgan fingerprint density at radius 2 is 2.17 bits per heavy atom. The molecule has 0 saturated carbocycles. The van der Waals surface area contributed by atoms with Crippen LogP contribution in [0.15, 0.2) is 41.6 Å². The third kappa shape index (κ3) is 2.27. The first kappa shape index (κ1) is 12.0. The lowest BCUT2D eigenvalue weighted by Gasteiger charge is -2.07. The lowest BCUT2D eigenvalue weighted by atomic mass is 10.1. The van der Waals surface area contributed by atoms with E-state index in [1.165, 1.54) is 41.4 Å². The molecule has 0 saturated heterocycles. The van der Waals surface area contributed by atoms with Crippen molar-refractivity contribution in [3.8, 4) is 0 Å². The number of hydrogen-bond donors (Lipinski definition) is 1. The van der Waals surface area contributed by atoms with Crippen molar-refractivity contribution in [2.45, 2.75) is 6.54 Å². The molecular formula is C12H9FN2O3. The number of benzene rings is 1. The Labute approximate surface area is 101 Å². The van der Waals surface area contributed by atoms with Crippen LogP contribution in [0, 0.1) is 5.82 Å². The smallest absolute Gasteiger partial charge is 0.338 e. The number of hydrogen-bond acceptors (Lipinski definition) is 3. The summed E-state index contributed by atoms with van der Waals surface area (Å²) in [6.07, 6.45) is 2.61. The summed E-state index contributed by atoms with van der Waals surface area (Å²) in [5.41, 5.74) is -0.612. The maximum absolute atomic E-state index is 13.8. The van der Waals surface area contributed by atoms with Gasteiger partial charge >= 0.3 is 5.97 Å². The minimum absolute atomic E-state index is 0.0559. The van der Waals surface area contributed by atoms with Crippen LogP contribution < -0.4 is 5.56 Å². The summed E-state index contributed by atoms with van der Waals surface area (Å²) in [4.78, 5) is 26.0. The number of carboxylic acids is 1. The van der Waals surface area contributed by atoms with Gasteiger partial charge < -0.3 is 5.11 Å². The highest BCUT2D eigenvalue weighted by Gasteiger charge is 2.13. The number of aromatic nitrogens is 2. The van der Waals surface area contributed by atoms with Crippen molar-refractivity contribution in [1.82, 2.24) is 9.55 Å². The third-order valence-corrected chi connectivity index (χ3v) is 2.44. The van der Waals surface area contributed by atoms with Crippen LogP contribution in [-0.2, 0) is 6.54 Å². The quantitative estimate of drug-likeness (QED) is 0.883. The first-order valence-corrected chi connectivity index (χ1v) is 5.10. The van der Waals surface area contributed by atoms with Crippen LogP contribution >= 0.6 is 0 Å². The monoisotopic (exact) mass is 248 g/mol. The van der Waals surface area contributed by atoms with Crippen molar-refractivity contribution in [3.05, 3.63) is 64.1 Å². The summed E-state index contributed by atoms with van der Waals surface area (Å²) < 4.78 is 15.0. The highest BCUT2D eigenvalue weighted by molar-refractivity contribution is 5.88. The van der Waals surface area contributed by atoms with Gasteiger partial charge in [-0.15, -0.1) is 0 Å². The Hall–Kier alpha value is -2.50. The summed E-state index contributed by atoms with van der Waals surface area (Å²) in [6, 6.07) is 5.29. The highest BCUT2D eigenvalue weighted by Crippen LogP contribution is 2.13. The number of halogens is 1. The molecule has 0 radical (unpaired) electrons. The molecule has 1 heterocycles. The summed E-state index contributed by atoms with van der Waals surface area (Å²) in [5, 5.41) is 8.79. The Kier molecular flexibility index (Phi) is 3.18. The van der Waals surface area contributed by atoms with Gasteiger partial charge in [0.15, 0.2) is 0 Å². The van der Waals surface area contributed by atoms with Crippen LogP contribution in [0.3, 0.4) is 0 Å². The van der Waals surface area contributed by atoms with E-state index in [4.69, 9.17) is 5.11 Å². The Bertz CT molecular complexity index is 652. The fourth-order valence-electron chi connectivity index (χ4n) is 1.55. The molecular weight excluding hydrogens is 239 g/mol. The number of carboxylic acid groups (broad SMARTS) is 1. The molecule has 0 bridgehead atoms. The molecule has 1 N–H and O–H groups in total. The largest absolute Gasteiger partial charge is 0.478 e. The van der Waals surface area contributed by atoms with Crippen molar-refractivity contribution in [2.24, 2.45) is 0 Å². The standard InChI is InChI=1S/C12H9FN2O3/c13-11-8(2-1-3-9(11)12(17)18)6-15-7-14-5-4-10(15)16/h1-5,7H,6H2,(H,17,18). The Morgan fingerprint density at radius 3 is 2.83 bits per heavy atom. The number of rotatable bonds is 3. The number of nitrogens with zero attached hydrogens (tertiary/aromatic N) is 2. The van der Waals surface area contributed by atoms with Gasteiger partial charge in [0.25, 0.3) is 5.56 Å². The van der Waals surface area contributed by atoms with Crippen LogP contribution in [0.5, 0.6) is 0 Å². The van der Waals surface area contributed by atoms with Crippen molar-refractivity contribution in [2.75, 3.05) is 0 Å². The van der Waals surface area contributed by atoms with Crippen LogP contribution in [0.4, 0.5) is 4.39 Å².